The van der Waals surface area contributed by atoms with Crippen LogP contribution >= 0.6 is 0 Å². The van der Waals surface area contributed by atoms with Gasteiger partial charge in [0, 0.05) is 12.1 Å². The maximum atomic E-state index is 4.66. The largest absolute Gasteiger partial charge is 0.351 e. The highest BCUT2D eigenvalue weighted by Gasteiger charge is 2.24. The first-order valence-electron chi connectivity index (χ1n) is 7.07. The molecule has 1 saturated carbocycles. The zero-order valence-corrected chi connectivity index (χ0v) is 12.0. The summed E-state index contributed by atoms with van der Waals surface area (Å²) in [5, 5.41) is 3.40. The average molecular weight is 259 g/mol. The molecule has 1 N–H and O–H groups in total. The number of rotatable bonds is 4. The van der Waals surface area contributed by atoms with E-state index in [2.05, 4.69) is 52.5 Å². The zero-order chi connectivity index (χ0) is 13.6. The van der Waals surface area contributed by atoms with E-state index in [0.717, 1.165) is 22.8 Å². The van der Waals surface area contributed by atoms with Crippen molar-refractivity contribution in [1.82, 2.24) is 19.5 Å². The maximum Gasteiger partial charge on any atom is 0.225 e. The second-order valence-electron chi connectivity index (χ2n) is 5.92. The molecule has 5 heteroatoms. The molecular formula is C14H21N5. The van der Waals surface area contributed by atoms with Crippen molar-refractivity contribution in [2.75, 3.05) is 5.32 Å². The van der Waals surface area contributed by atoms with Crippen molar-refractivity contribution >= 4 is 17.1 Å². The van der Waals surface area contributed by atoms with Crippen molar-refractivity contribution in [2.24, 2.45) is 0 Å². The van der Waals surface area contributed by atoms with Crippen LogP contribution in [0.2, 0.25) is 0 Å². The van der Waals surface area contributed by atoms with Crippen LogP contribution in [0.4, 0.5) is 5.95 Å². The van der Waals surface area contributed by atoms with Crippen molar-refractivity contribution in [3.05, 3.63) is 12.0 Å². The van der Waals surface area contributed by atoms with Gasteiger partial charge in [0.25, 0.3) is 0 Å². The van der Waals surface area contributed by atoms with Crippen LogP contribution in [0.3, 0.4) is 0 Å². The van der Waals surface area contributed by atoms with E-state index in [1.807, 2.05) is 6.33 Å². The Kier molecular flexibility index (Phi) is 2.92. The number of fused-ring (bicyclic) bond motifs is 1. The highest BCUT2D eigenvalue weighted by molar-refractivity contribution is 5.75. The minimum absolute atomic E-state index is 0.348. The summed E-state index contributed by atoms with van der Waals surface area (Å²) in [7, 11) is 0. The Morgan fingerprint density at radius 3 is 2.53 bits per heavy atom. The molecule has 5 nitrogen and oxygen atoms in total. The summed E-state index contributed by atoms with van der Waals surface area (Å²) in [5.74, 6) is 1.10. The molecule has 2 aromatic rings. The molecule has 2 aromatic heterocycles. The number of imidazole rings is 1. The van der Waals surface area contributed by atoms with Gasteiger partial charge in [-0.15, -0.1) is 0 Å². The van der Waals surface area contributed by atoms with Gasteiger partial charge >= 0.3 is 0 Å². The minimum Gasteiger partial charge on any atom is -0.351 e. The Morgan fingerprint density at radius 1 is 1.21 bits per heavy atom. The van der Waals surface area contributed by atoms with Gasteiger partial charge in [0.15, 0.2) is 5.65 Å². The lowest BCUT2D eigenvalue weighted by Gasteiger charge is -2.12. The van der Waals surface area contributed by atoms with E-state index in [4.69, 9.17) is 0 Å². The van der Waals surface area contributed by atoms with Gasteiger partial charge in [0.1, 0.15) is 5.52 Å². The number of nitrogens with zero attached hydrogens (tertiary/aromatic N) is 4. The van der Waals surface area contributed by atoms with Crippen LogP contribution in [-0.4, -0.2) is 25.6 Å². The molecule has 0 spiro atoms. The quantitative estimate of drug-likeness (QED) is 0.916. The van der Waals surface area contributed by atoms with Gasteiger partial charge in [-0.1, -0.05) is 13.8 Å². The smallest absolute Gasteiger partial charge is 0.225 e. The first kappa shape index (κ1) is 12.4. The summed E-state index contributed by atoms with van der Waals surface area (Å²) in [6, 6.07) is 0.918. The fourth-order valence-electron chi connectivity index (χ4n) is 2.19. The van der Waals surface area contributed by atoms with Gasteiger partial charge in [-0.25, -0.2) is 9.97 Å². The summed E-state index contributed by atoms with van der Waals surface area (Å²) in [4.78, 5) is 13.8. The molecule has 0 saturated heterocycles. The molecule has 2 heterocycles. The maximum absolute atomic E-state index is 4.66. The van der Waals surface area contributed by atoms with E-state index >= 15 is 0 Å². The molecule has 1 fully saturated rings. The number of anilines is 1. The summed E-state index contributed by atoms with van der Waals surface area (Å²) in [6.07, 6.45) is 4.32. The molecule has 0 aromatic carbocycles. The highest BCUT2D eigenvalue weighted by Crippen LogP contribution is 2.27. The van der Waals surface area contributed by atoms with E-state index in [-0.39, 0.29) is 0 Å². The van der Waals surface area contributed by atoms with E-state index in [0.29, 0.717) is 18.0 Å². The number of hydrogen-bond acceptors (Lipinski definition) is 4. The first-order valence-corrected chi connectivity index (χ1v) is 7.07. The molecule has 0 radical (unpaired) electrons. The van der Waals surface area contributed by atoms with Crippen molar-refractivity contribution in [1.29, 1.82) is 0 Å². The normalized spacial score (nSPS) is 15.7. The third kappa shape index (κ3) is 2.29. The van der Waals surface area contributed by atoms with Gasteiger partial charge in [-0.2, -0.15) is 4.98 Å². The SMILES string of the molecule is CC(C)c1nc(NC2CC2)nc2c1ncn2C(C)C. The monoisotopic (exact) mass is 259 g/mol. The number of aromatic nitrogens is 4. The molecule has 102 valence electrons. The summed E-state index contributed by atoms with van der Waals surface area (Å²) < 4.78 is 2.11. The lowest BCUT2D eigenvalue weighted by molar-refractivity contribution is 0.612. The Hall–Kier alpha value is -1.65. The van der Waals surface area contributed by atoms with Gasteiger partial charge in [-0.3, -0.25) is 0 Å². The lowest BCUT2D eigenvalue weighted by atomic mass is 10.1. The van der Waals surface area contributed by atoms with Gasteiger partial charge in [0.2, 0.25) is 5.95 Å². The molecule has 1 aliphatic carbocycles. The van der Waals surface area contributed by atoms with Crippen molar-refractivity contribution < 1.29 is 0 Å². The van der Waals surface area contributed by atoms with Crippen LogP contribution in [0, 0.1) is 0 Å². The Balaban J connectivity index is 2.14. The van der Waals surface area contributed by atoms with E-state index in [9.17, 15) is 0 Å². The number of hydrogen-bond donors (Lipinski definition) is 1. The lowest BCUT2D eigenvalue weighted by Crippen LogP contribution is -2.10. The minimum atomic E-state index is 0.348. The standard InChI is InChI=1S/C14H21N5/c1-8(2)11-12-13(19(7-15-12)9(3)4)18-14(17-11)16-10-5-6-10/h7-10H,5-6H2,1-4H3,(H,16,17,18). The first-order chi connectivity index (χ1) is 9.06. The van der Waals surface area contributed by atoms with E-state index in [1.165, 1.54) is 12.8 Å². The summed E-state index contributed by atoms with van der Waals surface area (Å²) in [6.45, 7) is 8.59. The molecule has 0 amide bonds. The van der Waals surface area contributed by atoms with Crippen molar-refractivity contribution in [2.45, 2.75) is 58.5 Å². The van der Waals surface area contributed by atoms with Crippen LogP contribution in [0.5, 0.6) is 0 Å². The Labute approximate surface area is 113 Å². The molecule has 0 unspecified atom stereocenters. The second kappa shape index (κ2) is 4.47. The summed E-state index contributed by atoms with van der Waals surface area (Å²) >= 11 is 0. The predicted molar refractivity (Wildman–Crippen MR) is 76.4 cm³/mol. The topological polar surface area (TPSA) is 55.6 Å². The molecule has 1 aliphatic rings. The molecular weight excluding hydrogens is 238 g/mol. The predicted octanol–water partition coefficient (Wildman–Crippen LogP) is 3.10. The van der Waals surface area contributed by atoms with Crippen LogP contribution in [-0.2, 0) is 0 Å². The van der Waals surface area contributed by atoms with Crippen molar-refractivity contribution in [3.63, 3.8) is 0 Å². The third-order valence-electron chi connectivity index (χ3n) is 3.46. The third-order valence-corrected chi connectivity index (χ3v) is 3.46. The van der Waals surface area contributed by atoms with Gasteiger partial charge in [0.05, 0.1) is 12.0 Å². The van der Waals surface area contributed by atoms with Crippen LogP contribution in [0.1, 0.15) is 58.2 Å². The van der Waals surface area contributed by atoms with Crippen molar-refractivity contribution in [3.8, 4) is 0 Å². The number of nitrogens with one attached hydrogen (secondary N) is 1. The van der Waals surface area contributed by atoms with Crippen LogP contribution in [0.15, 0.2) is 6.33 Å². The Morgan fingerprint density at radius 2 is 1.95 bits per heavy atom. The fraction of sp³-hybridized carbons (Fsp3) is 0.643. The van der Waals surface area contributed by atoms with Crippen LogP contribution < -0.4 is 5.32 Å². The summed E-state index contributed by atoms with van der Waals surface area (Å²) in [5.41, 5.74) is 2.91. The average Bonchev–Trinajstić information content (AvgIpc) is 3.05. The van der Waals surface area contributed by atoms with E-state index < -0.39 is 0 Å². The molecule has 19 heavy (non-hydrogen) atoms. The highest BCUT2D eigenvalue weighted by atomic mass is 15.2. The zero-order valence-electron chi connectivity index (χ0n) is 12.0. The van der Waals surface area contributed by atoms with Crippen LogP contribution in [0.25, 0.3) is 11.2 Å². The molecule has 0 bridgehead atoms. The van der Waals surface area contributed by atoms with Gasteiger partial charge in [-0.05, 0) is 32.6 Å². The Bertz CT molecular complexity index is 595. The second-order valence-corrected chi connectivity index (χ2v) is 5.92. The molecule has 0 aliphatic heterocycles. The van der Waals surface area contributed by atoms with E-state index in [1.54, 1.807) is 0 Å². The molecule has 3 rings (SSSR count). The molecule has 0 atom stereocenters. The fourth-order valence-corrected chi connectivity index (χ4v) is 2.19. The van der Waals surface area contributed by atoms with Gasteiger partial charge < -0.3 is 9.88 Å².